The van der Waals surface area contributed by atoms with E-state index in [0.29, 0.717) is 29.1 Å². The first-order chi connectivity index (χ1) is 63.0. The monoisotopic (exact) mass is 1650 g/mol. The summed E-state index contributed by atoms with van der Waals surface area (Å²) in [5.41, 5.74) is 20.0. The van der Waals surface area contributed by atoms with Crippen molar-refractivity contribution in [3.63, 3.8) is 0 Å². The van der Waals surface area contributed by atoms with Crippen molar-refractivity contribution in [2.75, 3.05) is 14.7 Å². The zero-order valence-corrected chi connectivity index (χ0v) is 68.5. The smallest absolute Gasteiger partial charge is 0.304 e. The van der Waals surface area contributed by atoms with Crippen LogP contribution in [0.2, 0.25) is 0 Å². The maximum absolute atomic E-state index is 6.74. The second-order valence-corrected chi connectivity index (χ2v) is 33.3. The highest BCUT2D eigenvalue weighted by molar-refractivity contribution is 7.27. The van der Waals surface area contributed by atoms with E-state index in [-0.39, 0.29) is 20.1 Å². The topological polar surface area (TPSA) is 153 Å². The molecule has 16 aromatic carbocycles. The molecule has 3 aliphatic heterocycles. The van der Waals surface area contributed by atoms with Gasteiger partial charge in [-0.15, -0.1) is 11.3 Å². The Morgan fingerprint density at radius 2 is 0.528 bits per heavy atom. The lowest BCUT2D eigenvalue weighted by molar-refractivity contribution is 0.584. The quantitative estimate of drug-likeness (QED) is 0.105. The maximum atomic E-state index is 6.74. The third-order valence-electron chi connectivity index (χ3n) is 25.2. The summed E-state index contributed by atoms with van der Waals surface area (Å²) >= 11 is 1.74. The summed E-state index contributed by atoms with van der Waals surface area (Å²) in [5.74, 6) is 5.73. The fraction of sp³-hybridized carbons (Fsp3) is 0. The largest absolute Gasteiger partial charge is 0.440 e. The molecule has 0 amide bonds. The zero-order valence-electron chi connectivity index (χ0n) is 67.7. The van der Waals surface area contributed by atoms with Crippen LogP contribution in [0, 0.1) is 0 Å². The van der Waals surface area contributed by atoms with Crippen molar-refractivity contribution in [1.29, 1.82) is 0 Å². The molecule has 0 spiro atoms. The van der Waals surface area contributed by atoms with E-state index in [4.69, 9.17) is 51.4 Å². The van der Waals surface area contributed by atoms with Crippen molar-refractivity contribution in [2.45, 2.75) is 0 Å². The second-order valence-electron chi connectivity index (χ2n) is 32.2. The van der Waals surface area contributed by atoms with Crippen LogP contribution in [0.25, 0.3) is 141 Å². The minimum absolute atomic E-state index is 0.0955. The van der Waals surface area contributed by atoms with E-state index < -0.39 is 0 Å². The number of thiophene rings is 1. The summed E-state index contributed by atoms with van der Waals surface area (Å²) < 4.78 is 42.5. The number of furan rings is 6. The number of aromatic nitrogens is 5. The standard InChI is InChI=1S/C40H24BNO2.C37H23BN4O2.C32H18BN3O2S/c1-2-12-26(13-3-1)42-39-37(32-18-8-10-20-35(32)43-39)41(38-33-19-9-11-21-36(33)44-40(38)42)25-22-23-31-29-16-5-4-14-27(29)28-15-6-7-17-30(28)34(31)24-25;1-4-14-24(15-5-1)33-39-34(25-16-6-2-7-17-25)41-37(40-33)38-31-27-20-10-12-22-29(27)43-35(31)42(26-18-8-3-9-19-26)36-32(38)28-21-11-13-23-30(28)44-36;1-2-10-19(11-3-1)36-31-26(20-12-4-7-15-23(20)37-31)33(27-21-13-5-8-16-24(21)38-32(27)36)30-29-28(34-18-35-30)22-14-6-9-17-25(22)39-29/h1-24H;1-23H;1-18H. The summed E-state index contributed by atoms with van der Waals surface area (Å²) in [5, 5.41) is 15.2. The minimum atomic E-state index is -0.389. The van der Waals surface area contributed by atoms with E-state index in [1.165, 1.54) is 42.5 Å². The van der Waals surface area contributed by atoms with Crippen LogP contribution < -0.4 is 64.3 Å². The third kappa shape index (κ3) is 11.4. The summed E-state index contributed by atoms with van der Waals surface area (Å²) in [6, 6.07) is 134. The first-order valence-corrected chi connectivity index (χ1v) is 43.3. The van der Waals surface area contributed by atoms with Gasteiger partial charge in [0, 0.05) is 91.9 Å². The van der Waals surface area contributed by atoms with Crippen LogP contribution >= 0.6 is 11.3 Å². The third-order valence-corrected chi connectivity index (χ3v) is 26.4. The van der Waals surface area contributed by atoms with Crippen LogP contribution in [0.15, 0.2) is 421 Å². The van der Waals surface area contributed by atoms with Gasteiger partial charge in [0.05, 0.1) is 27.3 Å². The predicted molar refractivity (Wildman–Crippen MR) is 521 cm³/mol. The molecular formula is C109H65B3N8O6S. The lowest BCUT2D eigenvalue weighted by Gasteiger charge is -2.30. The second kappa shape index (κ2) is 29.1. The number of anilines is 9. The van der Waals surface area contributed by atoms with E-state index in [0.717, 1.165) is 172 Å². The normalized spacial score (nSPS) is 12.8. The van der Waals surface area contributed by atoms with Gasteiger partial charge >= 0.3 is 6.71 Å². The Bertz CT molecular complexity index is 8360. The molecular weight excluding hydrogens is 1580 g/mol. The number of hydrogen-bond donors (Lipinski definition) is 0. The van der Waals surface area contributed by atoms with Gasteiger partial charge in [-0.3, -0.25) is 14.7 Å². The molecule has 0 fully saturated rings. The van der Waals surface area contributed by atoms with Gasteiger partial charge in [0.1, 0.15) is 45.5 Å². The molecule has 0 bridgehead atoms. The van der Waals surface area contributed by atoms with Gasteiger partial charge < -0.3 is 26.5 Å². The van der Waals surface area contributed by atoms with Crippen molar-refractivity contribution in [3.05, 3.63) is 395 Å². The van der Waals surface area contributed by atoms with Crippen LogP contribution in [-0.2, 0) is 0 Å². The first kappa shape index (κ1) is 72.1. The Labute approximate surface area is 730 Å². The number of rotatable bonds is 8. The first-order valence-electron chi connectivity index (χ1n) is 42.5. The zero-order chi connectivity index (χ0) is 83.3. The summed E-state index contributed by atoms with van der Waals surface area (Å²) in [6.45, 7) is -0.692. The molecule has 14 nitrogen and oxygen atoms in total. The molecule has 0 atom stereocenters. The molecule has 0 saturated carbocycles. The number of hydrogen-bond acceptors (Lipinski definition) is 15. The maximum Gasteiger partial charge on any atom is 0.304 e. The Balaban J connectivity index is 0.000000101. The molecule has 18 heteroatoms. The lowest BCUT2D eigenvalue weighted by Crippen LogP contribution is -2.58. The van der Waals surface area contributed by atoms with E-state index in [9.17, 15) is 0 Å². The molecule has 0 N–H and O–H groups in total. The van der Waals surface area contributed by atoms with E-state index in [1.54, 1.807) is 17.7 Å². The molecule has 9 aromatic heterocycles. The van der Waals surface area contributed by atoms with E-state index in [1.807, 2.05) is 176 Å². The molecule has 0 aliphatic carbocycles. The van der Waals surface area contributed by atoms with E-state index in [2.05, 4.69) is 227 Å². The molecule has 592 valence electrons. The average Bonchev–Trinajstić information content (AvgIpc) is 1.59. The van der Waals surface area contributed by atoms with Gasteiger partial charge in [0.25, 0.3) is 13.4 Å². The van der Waals surface area contributed by atoms with Crippen molar-refractivity contribution in [1.82, 2.24) is 24.9 Å². The number of fused-ring (bicyclic) bond motifs is 27. The molecule has 0 saturated heterocycles. The molecule has 12 heterocycles. The molecule has 0 radical (unpaired) electrons. The average molecular weight is 1650 g/mol. The van der Waals surface area contributed by atoms with Gasteiger partial charge in [-0.2, -0.15) is 0 Å². The van der Waals surface area contributed by atoms with Crippen LogP contribution in [0.5, 0.6) is 0 Å². The highest BCUT2D eigenvalue weighted by Crippen LogP contribution is 2.48. The lowest BCUT2D eigenvalue weighted by atomic mass is 9.35. The molecule has 25 aromatic rings. The number of para-hydroxylation sites is 9. The van der Waals surface area contributed by atoms with Crippen molar-refractivity contribution < 1.29 is 26.5 Å². The van der Waals surface area contributed by atoms with E-state index >= 15 is 0 Å². The van der Waals surface area contributed by atoms with Crippen molar-refractivity contribution in [3.8, 4) is 22.8 Å². The van der Waals surface area contributed by atoms with Crippen LogP contribution in [-0.4, -0.2) is 45.1 Å². The fourth-order valence-electron chi connectivity index (χ4n) is 19.8. The van der Waals surface area contributed by atoms with Crippen molar-refractivity contribution >= 4 is 252 Å². The number of nitrogens with zero attached hydrogens (tertiary/aromatic N) is 8. The Hall–Kier alpha value is -16.6. The van der Waals surface area contributed by atoms with Gasteiger partial charge in [-0.1, -0.05) is 315 Å². The van der Waals surface area contributed by atoms with Gasteiger partial charge in [-0.25, -0.2) is 24.9 Å². The Kier molecular flexibility index (Phi) is 16.5. The molecule has 3 aliphatic rings. The molecule has 0 unspecified atom stereocenters. The number of benzene rings is 16. The summed E-state index contributed by atoms with van der Waals surface area (Å²) in [4.78, 5) is 31.4. The molecule has 127 heavy (non-hydrogen) atoms. The van der Waals surface area contributed by atoms with Gasteiger partial charge in [-0.05, 0) is 111 Å². The van der Waals surface area contributed by atoms with Crippen LogP contribution in [0.3, 0.4) is 0 Å². The summed E-state index contributed by atoms with van der Waals surface area (Å²) in [6.07, 6.45) is 1.70. The van der Waals surface area contributed by atoms with Crippen molar-refractivity contribution in [2.24, 2.45) is 0 Å². The minimum Gasteiger partial charge on any atom is -0.440 e. The summed E-state index contributed by atoms with van der Waals surface area (Å²) in [7, 11) is 0. The Morgan fingerprint density at radius 3 is 0.898 bits per heavy atom. The fourth-order valence-corrected chi connectivity index (χ4v) is 21.0. The molecule has 28 rings (SSSR count). The van der Waals surface area contributed by atoms with Crippen LogP contribution in [0.1, 0.15) is 0 Å². The van der Waals surface area contributed by atoms with Gasteiger partial charge in [0.15, 0.2) is 11.6 Å². The van der Waals surface area contributed by atoms with Gasteiger partial charge in [0.2, 0.25) is 35.3 Å². The Morgan fingerprint density at radius 1 is 0.236 bits per heavy atom. The van der Waals surface area contributed by atoms with Crippen LogP contribution in [0.4, 0.5) is 52.4 Å². The predicted octanol–water partition coefficient (Wildman–Crippen LogP) is 22.6. The SMILES string of the molecule is c1ccc(-c2nc(B3c4c(oc5ccccc45)N(c4ccccc4)c4oc5ccccc5c43)nc(-c3ccccc3)n2)cc1.c1ccc(N2c3oc4ccccc4c3B(c3ccc4c5ccccc5c5ccccc5c4c3)c3c2oc2ccccc32)cc1.c1ccc(N2c3oc4ccccc4c3B(c3ncnc4c3sc3ccccc34)c3c2oc2ccccc32)cc1. The highest BCUT2D eigenvalue weighted by Gasteiger charge is 2.49. The highest BCUT2D eigenvalue weighted by atomic mass is 32.1.